The summed E-state index contributed by atoms with van der Waals surface area (Å²) in [6.45, 7) is 3.82. The van der Waals surface area contributed by atoms with Gasteiger partial charge in [-0.05, 0) is 37.8 Å². The number of hydrogen-bond acceptors (Lipinski definition) is 7. The quantitative estimate of drug-likeness (QED) is 0.640. The van der Waals surface area contributed by atoms with E-state index in [1.807, 2.05) is 6.07 Å². The second kappa shape index (κ2) is 8.20. The topological polar surface area (TPSA) is 92.4 Å². The summed E-state index contributed by atoms with van der Waals surface area (Å²) in [5.41, 5.74) is 2.14. The molecule has 0 spiro atoms. The summed E-state index contributed by atoms with van der Waals surface area (Å²) in [7, 11) is 1.39. The van der Waals surface area contributed by atoms with Crippen molar-refractivity contribution in [2.24, 2.45) is 0 Å². The Morgan fingerprint density at radius 3 is 2.77 bits per heavy atom. The molecule has 0 atom stereocenters. The Bertz CT molecular complexity index is 1050. The molecular formula is C22H27N5O3. The molecule has 158 valence electrons. The van der Waals surface area contributed by atoms with Crippen molar-refractivity contribution < 1.29 is 14.3 Å². The van der Waals surface area contributed by atoms with Gasteiger partial charge in [-0.15, -0.1) is 0 Å². The van der Waals surface area contributed by atoms with Crippen LogP contribution in [-0.4, -0.2) is 71.3 Å². The number of anilines is 1. The molecule has 3 aromatic rings. The lowest BCUT2D eigenvalue weighted by Gasteiger charge is -2.39. The number of aromatic nitrogens is 3. The molecule has 2 aliphatic rings. The second-order valence-corrected chi connectivity index (χ2v) is 8.12. The fourth-order valence-electron chi connectivity index (χ4n) is 4.80. The average Bonchev–Trinajstić information content (AvgIpc) is 3.18. The van der Waals surface area contributed by atoms with E-state index in [-0.39, 0.29) is 5.97 Å². The minimum absolute atomic E-state index is 0.350. The van der Waals surface area contributed by atoms with Crippen LogP contribution in [0.25, 0.3) is 21.9 Å². The van der Waals surface area contributed by atoms with E-state index in [2.05, 4.69) is 25.2 Å². The number of H-pyrrole nitrogens is 1. The van der Waals surface area contributed by atoms with Crippen LogP contribution < -0.4 is 5.32 Å². The fraction of sp³-hybridized carbons (Fsp3) is 0.500. The van der Waals surface area contributed by atoms with Crippen LogP contribution in [0.3, 0.4) is 0 Å². The first-order valence-electron chi connectivity index (χ1n) is 10.7. The highest BCUT2D eigenvalue weighted by Crippen LogP contribution is 2.32. The third kappa shape index (κ3) is 3.61. The van der Waals surface area contributed by atoms with E-state index in [9.17, 15) is 4.79 Å². The number of hydrogen-bond donors (Lipinski definition) is 2. The molecule has 5 rings (SSSR count). The van der Waals surface area contributed by atoms with Gasteiger partial charge in [0, 0.05) is 36.1 Å². The van der Waals surface area contributed by atoms with Crippen molar-refractivity contribution in [3.8, 4) is 0 Å². The molecule has 2 N–H and O–H groups in total. The van der Waals surface area contributed by atoms with E-state index in [1.54, 1.807) is 18.5 Å². The zero-order valence-corrected chi connectivity index (χ0v) is 17.2. The Labute approximate surface area is 175 Å². The molecule has 3 heterocycles. The zero-order chi connectivity index (χ0) is 20.5. The second-order valence-electron chi connectivity index (χ2n) is 8.12. The first-order valence-corrected chi connectivity index (χ1v) is 10.7. The number of nitrogens with one attached hydrogen (secondary N) is 2. The molecule has 1 aromatic carbocycles. The van der Waals surface area contributed by atoms with Crippen molar-refractivity contribution in [3.05, 3.63) is 30.1 Å². The highest BCUT2D eigenvalue weighted by molar-refractivity contribution is 6.12. The van der Waals surface area contributed by atoms with Crippen LogP contribution >= 0.6 is 0 Å². The maximum Gasteiger partial charge on any atom is 0.337 e. The molecule has 1 aliphatic carbocycles. The lowest BCUT2D eigenvalue weighted by Crippen LogP contribution is -2.46. The number of carbonyl (C=O) groups excluding carboxylic acids is 1. The van der Waals surface area contributed by atoms with Gasteiger partial charge in [0.15, 0.2) is 0 Å². The predicted molar refractivity (Wildman–Crippen MR) is 115 cm³/mol. The molecular weight excluding hydrogens is 382 g/mol. The fourth-order valence-corrected chi connectivity index (χ4v) is 4.80. The van der Waals surface area contributed by atoms with Crippen LogP contribution in [0.1, 0.15) is 36.0 Å². The molecule has 2 aromatic heterocycles. The lowest BCUT2D eigenvalue weighted by molar-refractivity contribution is 0.00791. The van der Waals surface area contributed by atoms with E-state index < -0.39 is 0 Å². The first kappa shape index (κ1) is 19.3. The number of rotatable bonds is 4. The van der Waals surface area contributed by atoms with Gasteiger partial charge in [0.25, 0.3) is 0 Å². The van der Waals surface area contributed by atoms with Crippen LogP contribution in [0.5, 0.6) is 0 Å². The minimum atomic E-state index is -0.350. The number of fused-ring (bicyclic) bond motifs is 3. The van der Waals surface area contributed by atoms with Gasteiger partial charge in [-0.3, -0.25) is 4.90 Å². The summed E-state index contributed by atoms with van der Waals surface area (Å²) >= 11 is 0. The largest absolute Gasteiger partial charge is 0.465 e. The molecule has 0 amide bonds. The molecule has 0 bridgehead atoms. The molecule has 8 nitrogen and oxygen atoms in total. The molecule has 1 saturated heterocycles. The van der Waals surface area contributed by atoms with Crippen LogP contribution in [0, 0.1) is 0 Å². The summed E-state index contributed by atoms with van der Waals surface area (Å²) < 4.78 is 10.3. The Kier molecular flexibility index (Phi) is 5.26. The van der Waals surface area contributed by atoms with E-state index in [0.29, 0.717) is 17.6 Å². The van der Waals surface area contributed by atoms with E-state index in [1.165, 1.54) is 20.0 Å². The molecule has 1 saturated carbocycles. The summed E-state index contributed by atoms with van der Waals surface area (Å²) in [5.74, 6) is 0.504. The Hall–Kier alpha value is -2.71. The van der Waals surface area contributed by atoms with Crippen molar-refractivity contribution in [1.29, 1.82) is 0 Å². The van der Waals surface area contributed by atoms with Gasteiger partial charge in [0.1, 0.15) is 17.8 Å². The summed E-state index contributed by atoms with van der Waals surface area (Å²) in [5, 5.41) is 5.64. The highest BCUT2D eigenvalue weighted by atomic mass is 16.5. The average molecular weight is 409 g/mol. The third-order valence-electron chi connectivity index (χ3n) is 6.41. The summed E-state index contributed by atoms with van der Waals surface area (Å²) in [4.78, 5) is 26.7. The van der Waals surface area contributed by atoms with Crippen molar-refractivity contribution in [3.63, 3.8) is 0 Å². The van der Waals surface area contributed by atoms with Gasteiger partial charge in [-0.25, -0.2) is 14.8 Å². The Balaban J connectivity index is 1.35. The van der Waals surface area contributed by atoms with Gasteiger partial charge < -0.3 is 19.8 Å². The molecule has 1 aliphatic heterocycles. The van der Waals surface area contributed by atoms with Gasteiger partial charge >= 0.3 is 5.97 Å². The SMILES string of the molecule is COC(=O)c1ccc2c(c1)[nH]c1ncnc(NC3CCC(N4CCOCC4)CC3)c12. The number of benzene rings is 1. The normalized spacial score (nSPS) is 23.0. The number of esters is 1. The molecule has 8 heteroatoms. The van der Waals surface area contributed by atoms with Gasteiger partial charge in [-0.1, -0.05) is 6.07 Å². The summed E-state index contributed by atoms with van der Waals surface area (Å²) in [6, 6.07) is 6.60. The number of nitrogens with zero attached hydrogens (tertiary/aromatic N) is 3. The van der Waals surface area contributed by atoms with E-state index >= 15 is 0 Å². The van der Waals surface area contributed by atoms with Gasteiger partial charge in [0.2, 0.25) is 0 Å². The Morgan fingerprint density at radius 2 is 2.00 bits per heavy atom. The van der Waals surface area contributed by atoms with Crippen LogP contribution in [0.15, 0.2) is 24.5 Å². The highest BCUT2D eigenvalue weighted by Gasteiger charge is 2.27. The summed E-state index contributed by atoms with van der Waals surface area (Å²) in [6.07, 6.45) is 6.23. The van der Waals surface area contributed by atoms with Crippen molar-refractivity contribution >= 4 is 33.7 Å². The maximum absolute atomic E-state index is 11.9. The van der Waals surface area contributed by atoms with Crippen LogP contribution in [0.4, 0.5) is 5.82 Å². The van der Waals surface area contributed by atoms with E-state index in [0.717, 1.165) is 66.9 Å². The predicted octanol–water partition coefficient (Wildman–Crippen LogP) is 2.95. The van der Waals surface area contributed by atoms with E-state index in [4.69, 9.17) is 9.47 Å². The van der Waals surface area contributed by atoms with Crippen molar-refractivity contribution in [2.75, 3.05) is 38.7 Å². The number of ether oxygens (including phenoxy) is 2. The van der Waals surface area contributed by atoms with Crippen LogP contribution in [0.2, 0.25) is 0 Å². The van der Waals surface area contributed by atoms with Crippen molar-refractivity contribution in [2.45, 2.75) is 37.8 Å². The lowest BCUT2D eigenvalue weighted by atomic mass is 9.90. The third-order valence-corrected chi connectivity index (χ3v) is 6.41. The zero-order valence-electron chi connectivity index (χ0n) is 17.2. The number of carbonyl (C=O) groups is 1. The standard InChI is InChI=1S/C22H27N5O3/c1-29-22(28)14-2-7-17-18(12-14)26-21-19(17)20(23-13-24-21)25-15-3-5-16(6-4-15)27-8-10-30-11-9-27/h2,7,12-13,15-16H,3-6,8-11H2,1H3,(H2,23,24,25,26). The maximum atomic E-state index is 11.9. The smallest absolute Gasteiger partial charge is 0.337 e. The minimum Gasteiger partial charge on any atom is -0.465 e. The van der Waals surface area contributed by atoms with Gasteiger partial charge in [0.05, 0.1) is 31.3 Å². The van der Waals surface area contributed by atoms with Gasteiger partial charge in [-0.2, -0.15) is 0 Å². The first-order chi connectivity index (χ1) is 14.7. The van der Waals surface area contributed by atoms with Crippen molar-refractivity contribution in [1.82, 2.24) is 19.9 Å². The molecule has 2 fully saturated rings. The molecule has 0 radical (unpaired) electrons. The molecule has 0 unspecified atom stereocenters. The Morgan fingerprint density at radius 1 is 1.20 bits per heavy atom. The van der Waals surface area contributed by atoms with Crippen LogP contribution in [-0.2, 0) is 9.47 Å². The number of methoxy groups -OCH3 is 1. The molecule has 30 heavy (non-hydrogen) atoms. The number of morpholine rings is 1. The number of aromatic amines is 1. The monoisotopic (exact) mass is 409 g/mol.